The molecule has 0 aromatic heterocycles. The maximum absolute atomic E-state index is 9.18. The summed E-state index contributed by atoms with van der Waals surface area (Å²) in [5.41, 5.74) is 0.859. The molecule has 0 N–H and O–H groups in total. The van der Waals surface area contributed by atoms with Crippen LogP contribution in [0, 0.1) is 11.3 Å². The molecule has 0 radical (unpaired) electrons. The zero-order chi connectivity index (χ0) is 12.8. The summed E-state index contributed by atoms with van der Waals surface area (Å²) in [5, 5.41) is 9.90. The Labute approximate surface area is 110 Å². The largest absolute Gasteiger partial charge is 0.497 e. The fourth-order valence-corrected chi connectivity index (χ4v) is 1.73. The zero-order valence-corrected chi connectivity index (χ0v) is 11.0. The molecule has 0 bridgehead atoms. The lowest BCUT2D eigenvalue weighted by molar-refractivity contribution is 0.161. The van der Waals surface area contributed by atoms with Crippen molar-refractivity contribution in [2.75, 3.05) is 20.8 Å². The number of hydrogen-bond donors (Lipinski definition) is 0. The molecule has 0 unspecified atom stereocenters. The van der Waals surface area contributed by atoms with Gasteiger partial charge in [0.15, 0.2) is 0 Å². The van der Waals surface area contributed by atoms with Crippen LogP contribution in [0.5, 0.6) is 0 Å². The molecule has 1 rings (SSSR count). The quantitative estimate of drug-likeness (QED) is 0.622. The molecule has 0 heterocycles. The molecular formula is C12H11Cl2NO2. The molecule has 17 heavy (non-hydrogen) atoms. The van der Waals surface area contributed by atoms with Gasteiger partial charge in [-0.25, -0.2) is 0 Å². The second kappa shape index (κ2) is 6.51. The number of hydrogen-bond acceptors (Lipinski definition) is 3. The van der Waals surface area contributed by atoms with Gasteiger partial charge in [-0.05, 0) is 6.07 Å². The lowest BCUT2D eigenvalue weighted by Gasteiger charge is -2.10. The molecule has 0 saturated carbocycles. The van der Waals surface area contributed by atoms with Crippen molar-refractivity contribution < 1.29 is 9.47 Å². The SMILES string of the molecule is COC/C(OC)=C(/C#N)c1cccc(Cl)c1Cl. The molecule has 0 saturated heterocycles. The van der Waals surface area contributed by atoms with Gasteiger partial charge in [-0.2, -0.15) is 5.26 Å². The normalized spacial score (nSPS) is 11.7. The van der Waals surface area contributed by atoms with Crippen molar-refractivity contribution in [2.24, 2.45) is 0 Å². The molecule has 0 fully saturated rings. The van der Waals surface area contributed by atoms with E-state index in [4.69, 9.17) is 32.7 Å². The summed E-state index contributed by atoms with van der Waals surface area (Å²) in [6.45, 7) is 0.197. The van der Waals surface area contributed by atoms with E-state index in [0.717, 1.165) is 0 Å². The summed E-state index contributed by atoms with van der Waals surface area (Å²) in [4.78, 5) is 0. The highest BCUT2D eigenvalue weighted by Gasteiger charge is 2.14. The van der Waals surface area contributed by atoms with Crippen molar-refractivity contribution in [1.29, 1.82) is 5.26 Å². The van der Waals surface area contributed by atoms with E-state index in [0.29, 0.717) is 26.9 Å². The van der Waals surface area contributed by atoms with Crippen LogP contribution in [-0.4, -0.2) is 20.8 Å². The molecule has 1 aromatic carbocycles. The molecule has 0 atom stereocenters. The van der Waals surface area contributed by atoms with E-state index < -0.39 is 0 Å². The number of benzene rings is 1. The van der Waals surface area contributed by atoms with Gasteiger partial charge in [-0.1, -0.05) is 35.3 Å². The lowest BCUT2D eigenvalue weighted by atomic mass is 10.1. The molecule has 1 aromatic rings. The Balaban J connectivity index is 3.36. The number of methoxy groups -OCH3 is 2. The predicted molar refractivity (Wildman–Crippen MR) is 67.9 cm³/mol. The van der Waals surface area contributed by atoms with Crippen LogP contribution < -0.4 is 0 Å². The molecule has 5 heteroatoms. The van der Waals surface area contributed by atoms with Crippen LogP contribution in [0.4, 0.5) is 0 Å². The Morgan fingerprint density at radius 1 is 1.35 bits per heavy atom. The van der Waals surface area contributed by atoms with Crippen molar-refractivity contribution in [3.05, 3.63) is 39.6 Å². The van der Waals surface area contributed by atoms with Crippen molar-refractivity contribution in [1.82, 2.24) is 0 Å². The number of allylic oxidation sites excluding steroid dienone is 1. The minimum Gasteiger partial charge on any atom is -0.497 e. The van der Waals surface area contributed by atoms with Crippen molar-refractivity contribution in [3.63, 3.8) is 0 Å². The van der Waals surface area contributed by atoms with Crippen LogP contribution in [0.25, 0.3) is 5.57 Å². The maximum atomic E-state index is 9.18. The van der Waals surface area contributed by atoms with Crippen molar-refractivity contribution in [2.45, 2.75) is 0 Å². The summed E-state index contributed by atoms with van der Waals surface area (Å²) in [6.07, 6.45) is 0. The van der Waals surface area contributed by atoms with Gasteiger partial charge in [-0.3, -0.25) is 0 Å². The van der Waals surface area contributed by atoms with Gasteiger partial charge in [0.05, 0.1) is 17.2 Å². The lowest BCUT2D eigenvalue weighted by Crippen LogP contribution is -2.01. The maximum Gasteiger partial charge on any atom is 0.140 e. The first-order chi connectivity index (χ1) is 8.15. The fraction of sp³-hybridized carbons (Fsp3) is 0.250. The molecule has 0 aliphatic heterocycles. The van der Waals surface area contributed by atoms with Gasteiger partial charge >= 0.3 is 0 Å². The molecule has 0 aliphatic carbocycles. The smallest absolute Gasteiger partial charge is 0.140 e. The summed E-state index contributed by atoms with van der Waals surface area (Å²) in [5.74, 6) is 0.416. The average molecular weight is 272 g/mol. The Morgan fingerprint density at radius 2 is 2.06 bits per heavy atom. The Morgan fingerprint density at radius 3 is 2.59 bits per heavy atom. The van der Waals surface area contributed by atoms with E-state index in [-0.39, 0.29) is 6.61 Å². The average Bonchev–Trinajstić information content (AvgIpc) is 2.34. The van der Waals surface area contributed by atoms with Crippen LogP contribution in [0.3, 0.4) is 0 Å². The minimum atomic E-state index is 0.197. The van der Waals surface area contributed by atoms with Gasteiger partial charge in [-0.15, -0.1) is 0 Å². The molecule has 0 aliphatic rings. The Kier molecular flexibility index (Phi) is 5.30. The number of halogens is 2. The number of nitrogens with zero attached hydrogens (tertiary/aromatic N) is 1. The summed E-state index contributed by atoms with van der Waals surface area (Å²) < 4.78 is 10.1. The highest BCUT2D eigenvalue weighted by Crippen LogP contribution is 2.31. The molecule has 3 nitrogen and oxygen atoms in total. The van der Waals surface area contributed by atoms with E-state index >= 15 is 0 Å². The Bertz CT molecular complexity index is 478. The third-order valence-corrected chi connectivity index (χ3v) is 2.95. The second-order valence-corrected chi connectivity index (χ2v) is 3.93. The first kappa shape index (κ1) is 13.9. The van der Waals surface area contributed by atoms with Crippen LogP contribution in [0.15, 0.2) is 24.0 Å². The minimum absolute atomic E-state index is 0.197. The fourth-order valence-electron chi connectivity index (χ4n) is 1.33. The third kappa shape index (κ3) is 3.13. The highest BCUT2D eigenvalue weighted by molar-refractivity contribution is 6.43. The van der Waals surface area contributed by atoms with Crippen molar-refractivity contribution >= 4 is 28.8 Å². The summed E-state index contributed by atoms with van der Waals surface area (Å²) >= 11 is 12.0. The van der Waals surface area contributed by atoms with Gasteiger partial charge < -0.3 is 9.47 Å². The number of ether oxygens (including phenoxy) is 2. The monoisotopic (exact) mass is 271 g/mol. The predicted octanol–water partition coefficient (Wildman–Crippen LogP) is 3.52. The van der Waals surface area contributed by atoms with Gasteiger partial charge in [0.1, 0.15) is 24.0 Å². The van der Waals surface area contributed by atoms with Crippen molar-refractivity contribution in [3.8, 4) is 6.07 Å². The van der Waals surface area contributed by atoms with Crippen LogP contribution in [0.1, 0.15) is 5.56 Å². The summed E-state index contributed by atoms with van der Waals surface area (Å²) in [7, 11) is 3.00. The first-order valence-corrected chi connectivity index (χ1v) is 5.51. The van der Waals surface area contributed by atoms with Gasteiger partial charge in [0.25, 0.3) is 0 Å². The van der Waals surface area contributed by atoms with E-state index in [9.17, 15) is 5.26 Å². The number of rotatable bonds is 4. The molecule has 90 valence electrons. The van der Waals surface area contributed by atoms with E-state index in [1.165, 1.54) is 14.2 Å². The molecule has 0 amide bonds. The molecular weight excluding hydrogens is 261 g/mol. The molecule has 0 spiro atoms. The topological polar surface area (TPSA) is 42.2 Å². The second-order valence-electron chi connectivity index (χ2n) is 3.15. The standard InChI is InChI=1S/C12H11Cl2NO2/c1-16-7-11(17-2)9(6-15)8-4-3-5-10(13)12(8)14/h3-5H,7H2,1-2H3/b11-9+. The van der Waals surface area contributed by atoms with Crippen LogP contribution in [0.2, 0.25) is 10.0 Å². The number of nitriles is 1. The zero-order valence-electron chi connectivity index (χ0n) is 9.46. The first-order valence-electron chi connectivity index (χ1n) is 4.76. The van der Waals surface area contributed by atoms with E-state index in [2.05, 4.69) is 6.07 Å². The van der Waals surface area contributed by atoms with E-state index in [1.807, 2.05) is 0 Å². The third-order valence-electron chi connectivity index (χ3n) is 2.13. The van der Waals surface area contributed by atoms with Crippen LogP contribution >= 0.6 is 23.2 Å². The van der Waals surface area contributed by atoms with Gasteiger partial charge in [0, 0.05) is 12.7 Å². The van der Waals surface area contributed by atoms with Crippen LogP contribution in [-0.2, 0) is 9.47 Å². The van der Waals surface area contributed by atoms with Gasteiger partial charge in [0.2, 0.25) is 0 Å². The highest BCUT2D eigenvalue weighted by atomic mass is 35.5. The van der Waals surface area contributed by atoms with E-state index in [1.54, 1.807) is 18.2 Å². The Hall–Kier alpha value is -1.21. The summed E-state index contributed by atoms with van der Waals surface area (Å²) in [6, 6.07) is 7.14.